The molecule has 22 heavy (non-hydrogen) atoms. The highest BCUT2D eigenvalue weighted by atomic mass is 79.9. The number of alkyl halides is 1. The predicted molar refractivity (Wildman–Crippen MR) is 101 cm³/mol. The van der Waals surface area contributed by atoms with Gasteiger partial charge < -0.3 is 4.57 Å². The summed E-state index contributed by atoms with van der Waals surface area (Å²) in [5.74, 6) is 1.15. The van der Waals surface area contributed by atoms with E-state index in [-0.39, 0.29) is 11.5 Å². The van der Waals surface area contributed by atoms with Gasteiger partial charge in [0.2, 0.25) is 0 Å². The zero-order valence-corrected chi connectivity index (χ0v) is 17.1. The second kappa shape index (κ2) is 6.79. The van der Waals surface area contributed by atoms with E-state index in [0.29, 0.717) is 6.04 Å². The lowest BCUT2D eigenvalue weighted by atomic mass is 10.00. The predicted octanol–water partition coefficient (Wildman–Crippen LogP) is 4.82. The summed E-state index contributed by atoms with van der Waals surface area (Å²) in [7, 11) is 0. The number of aromatic nitrogens is 2. The molecule has 0 radical (unpaired) electrons. The SMILES string of the molecule is CC(C)c1c(Cc2ccc(Br)s2)n2c(nc1=O)SCC2CBr. The summed E-state index contributed by atoms with van der Waals surface area (Å²) in [6.45, 7) is 4.15. The topological polar surface area (TPSA) is 34.9 Å². The Bertz CT molecular complexity index is 754. The molecule has 0 spiro atoms. The molecule has 7 heteroatoms. The quantitative estimate of drug-likeness (QED) is 0.481. The number of hydrogen-bond acceptors (Lipinski definition) is 4. The molecular weight excluding hydrogens is 448 g/mol. The van der Waals surface area contributed by atoms with Crippen molar-refractivity contribution in [3.8, 4) is 0 Å². The van der Waals surface area contributed by atoms with Crippen molar-refractivity contribution in [2.24, 2.45) is 0 Å². The normalized spacial score (nSPS) is 17.2. The number of thioether (sulfide) groups is 1. The number of halogens is 2. The van der Waals surface area contributed by atoms with E-state index in [1.54, 1.807) is 23.1 Å². The molecule has 0 aliphatic carbocycles. The lowest BCUT2D eigenvalue weighted by Gasteiger charge is -2.21. The Morgan fingerprint density at radius 2 is 2.23 bits per heavy atom. The maximum absolute atomic E-state index is 12.5. The third-order valence-corrected chi connectivity index (χ3v) is 7.20. The summed E-state index contributed by atoms with van der Waals surface area (Å²) < 4.78 is 3.40. The van der Waals surface area contributed by atoms with E-state index >= 15 is 0 Å². The molecule has 0 aromatic carbocycles. The van der Waals surface area contributed by atoms with E-state index in [4.69, 9.17) is 0 Å². The second-order valence-electron chi connectivity index (χ2n) is 5.59. The zero-order valence-electron chi connectivity index (χ0n) is 12.3. The van der Waals surface area contributed by atoms with Gasteiger partial charge in [-0.05, 0) is 34.0 Å². The molecule has 118 valence electrons. The maximum atomic E-state index is 12.5. The summed E-state index contributed by atoms with van der Waals surface area (Å²) in [5.41, 5.74) is 1.94. The van der Waals surface area contributed by atoms with Gasteiger partial charge in [-0.1, -0.05) is 41.5 Å². The Balaban J connectivity index is 2.18. The first-order valence-electron chi connectivity index (χ1n) is 7.09. The van der Waals surface area contributed by atoms with Crippen molar-refractivity contribution < 1.29 is 0 Å². The maximum Gasteiger partial charge on any atom is 0.277 e. The van der Waals surface area contributed by atoms with E-state index in [2.05, 4.69) is 67.4 Å². The summed E-state index contributed by atoms with van der Waals surface area (Å²) in [6, 6.07) is 4.56. The Morgan fingerprint density at radius 1 is 1.45 bits per heavy atom. The summed E-state index contributed by atoms with van der Waals surface area (Å²) in [5, 5.41) is 1.75. The molecule has 1 aliphatic rings. The number of thiophene rings is 1. The van der Waals surface area contributed by atoms with Crippen molar-refractivity contribution in [1.82, 2.24) is 9.55 Å². The zero-order chi connectivity index (χ0) is 15.9. The van der Waals surface area contributed by atoms with Gasteiger partial charge in [-0.25, -0.2) is 0 Å². The van der Waals surface area contributed by atoms with Gasteiger partial charge in [0, 0.05) is 33.6 Å². The first kappa shape index (κ1) is 16.7. The molecular formula is C15H16Br2N2OS2. The van der Waals surface area contributed by atoms with Crippen LogP contribution in [0.4, 0.5) is 0 Å². The molecule has 0 amide bonds. The Morgan fingerprint density at radius 3 is 2.82 bits per heavy atom. The van der Waals surface area contributed by atoms with E-state index in [1.165, 1.54) is 4.88 Å². The molecule has 0 bridgehead atoms. The molecule has 0 saturated carbocycles. The molecule has 2 aromatic heterocycles. The van der Waals surface area contributed by atoms with Gasteiger partial charge >= 0.3 is 0 Å². The largest absolute Gasteiger partial charge is 0.319 e. The minimum absolute atomic E-state index is 0.0606. The van der Waals surface area contributed by atoms with Crippen LogP contribution in [0.25, 0.3) is 0 Å². The average molecular weight is 464 g/mol. The van der Waals surface area contributed by atoms with Gasteiger partial charge in [0.25, 0.3) is 5.56 Å². The van der Waals surface area contributed by atoms with Crippen LogP contribution in [-0.2, 0) is 6.42 Å². The van der Waals surface area contributed by atoms with Crippen molar-refractivity contribution in [3.05, 3.63) is 42.4 Å². The van der Waals surface area contributed by atoms with E-state index in [0.717, 1.165) is 37.7 Å². The Hall–Kier alpha value is -0.110. The number of fused-ring (bicyclic) bond motifs is 1. The van der Waals surface area contributed by atoms with Crippen LogP contribution >= 0.6 is 55.0 Å². The highest BCUT2D eigenvalue weighted by molar-refractivity contribution is 9.11. The lowest BCUT2D eigenvalue weighted by Crippen LogP contribution is -2.26. The Kier molecular flexibility index (Phi) is 5.17. The van der Waals surface area contributed by atoms with E-state index in [1.807, 2.05) is 0 Å². The van der Waals surface area contributed by atoms with Crippen LogP contribution < -0.4 is 5.56 Å². The first-order valence-corrected chi connectivity index (χ1v) is 10.8. The van der Waals surface area contributed by atoms with Gasteiger partial charge in [-0.3, -0.25) is 4.79 Å². The Labute approximate surface area is 154 Å². The van der Waals surface area contributed by atoms with Gasteiger partial charge in [0.05, 0.1) is 9.83 Å². The van der Waals surface area contributed by atoms with Crippen molar-refractivity contribution in [2.75, 3.05) is 11.1 Å². The summed E-state index contributed by atoms with van der Waals surface area (Å²) >= 11 is 10.5. The van der Waals surface area contributed by atoms with Crippen LogP contribution in [0.1, 0.15) is 41.9 Å². The fraction of sp³-hybridized carbons (Fsp3) is 0.467. The van der Waals surface area contributed by atoms with Crippen LogP contribution in [0.2, 0.25) is 0 Å². The molecule has 2 aromatic rings. The van der Waals surface area contributed by atoms with Crippen LogP contribution in [0, 0.1) is 0 Å². The van der Waals surface area contributed by atoms with E-state index in [9.17, 15) is 4.79 Å². The van der Waals surface area contributed by atoms with Gasteiger partial charge in [-0.2, -0.15) is 4.98 Å². The molecule has 1 aliphatic heterocycles. The average Bonchev–Trinajstić information content (AvgIpc) is 3.04. The van der Waals surface area contributed by atoms with Gasteiger partial charge in [0.1, 0.15) is 0 Å². The minimum Gasteiger partial charge on any atom is -0.319 e. The fourth-order valence-electron chi connectivity index (χ4n) is 2.78. The van der Waals surface area contributed by atoms with Crippen LogP contribution in [0.5, 0.6) is 0 Å². The minimum atomic E-state index is -0.0606. The molecule has 3 rings (SSSR count). The molecule has 3 nitrogen and oxygen atoms in total. The van der Waals surface area contributed by atoms with Crippen LogP contribution in [0.15, 0.2) is 25.9 Å². The van der Waals surface area contributed by atoms with Gasteiger partial charge in [0.15, 0.2) is 5.16 Å². The fourth-order valence-corrected chi connectivity index (χ4v) is 6.24. The highest BCUT2D eigenvalue weighted by Crippen LogP contribution is 2.36. The summed E-state index contributed by atoms with van der Waals surface area (Å²) in [4.78, 5) is 18.1. The highest BCUT2D eigenvalue weighted by Gasteiger charge is 2.29. The van der Waals surface area contributed by atoms with Gasteiger partial charge in [-0.15, -0.1) is 11.3 Å². The van der Waals surface area contributed by atoms with E-state index < -0.39 is 0 Å². The van der Waals surface area contributed by atoms with Crippen molar-refractivity contribution in [2.45, 2.75) is 37.4 Å². The monoisotopic (exact) mass is 462 g/mol. The van der Waals surface area contributed by atoms with Crippen LogP contribution in [-0.4, -0.2) is 20.6 Å². The van der Waals surface area contributed by atoms with Crippen molar-refractivity contribution in [1.29, 1.82) is 0 Å². The standard InChI is InChI=1S/C15H16Br2N2OS2/c1-8(2)13-11(5-10-3-4-12(17)22-10)19-9(6-16)7-21-15(19)18-14(13)20/h3-4,8-9H,5-7H2,1-2H3. The third kappa shape index (κ3) is 3.09. The summed E-state index contributed by atoms with van der Waals surface area (Å²) in [6.07, 6.45) is 0.790. The smallest absolute Gasteiger partial charge is 0.277 e. The molecule has 0 N–H and O–H groups in total. The molecule has 1 unspecified atom stereocenters. The number of rotatable bonds is 4. The number of hydrogen-bond donors (Lipinski definition) is 0. The molecule has 0 fully saturated rings. The first-order chi connectivity index (χ1) is 10.5. The molecule has 1 atom stereocenters. The van der Waals surface area contributed by atoms with Crippen LogP contribution in [0.3, 0.4) is 0 Å². The number of nitrogens with zero attached hydrogens (tertiary/aromatic N) is 2. The molecule has 0 saturated heterocycles. The second-order valence-corrected chi connectivity index (χ2v) is 9.77. The van der Waals surface area contributed by atoms with Crippen molar-refractivity contribution >= 4 is 55.0 Å². The third-order valence-electron chi connectivity index (χ3n) is 3.73. The van der Waals surface area contributed by atoms with Crippen molar-refractivity contribution in [3.63, 3.8) is 0 Å². The lowest BCUT2D eigenvalue weighted by molar-refractivity contribution is 0.532. The molecule has 3 heterocycles.